The fraction of sp³-hybridized carbons (Fsp3) is 0.909. The van der Waals surface area contributed by atoms with Gasteiger partial charge in [-0.2, -0.15) is 0 Å². The maximum atomic E-state index is 11.2. The van der Waals surface area contributed by atoms with Crippen molar-refractivity contribution >= 4 is 5.97 Å². The standard InChI is InChI=1S/C11H23NO2/c1-6-7-12-9(11(2,3)4)8-10(13)14-5/h9,12H,6-8H2,1-5H3. The van der Waals surface area contributed by atoms with Crippen molar-refractivity contribution in [3.8, 4) is 0 Å². The molecule has 0 rings (SSSR count). The van der Waals surface area contributed by atoms with Crippen LogP contribution in [-0.4, -0.2) is 25.7 Å². The lowest BCUT2D eigenvalue weighted by molar-refractivity contribution is -0.141. The van der Waals surface area contributed by atoms with Crippen LogP contribution in [0.3, 0.4) is 0 Å². The zero-order valence-electron chi connectivity index (χ0n) is 10.0. The average Bonchev–Trinajstić information content (AvgIpc) is 2.09. The molecule has 0 aromatic carbocycles. The van der Waals surface area contributed by atoms with Crippen LogP contribution in [0.5, 0.6) is 0 Å². The topological polar surface area (TPSA) is 38.3 Å². The average molecular weight is 201 g/mol. The van der Waals surface area contributed by atoms with Crippen LogP contribution >= 0.6 is 0 Å². The van der Waals surface area contributed by atoms with E-state index in [0.717, 1.165) is 13.0 Å². The number of carbonyl (C=O) groups is 1. The number of hydrogen-bond acceptors (Lipinski definition) is 3. The molecule has 0 amide bonds. The first-order valence-electron chi connectivity index (χ1n) is 5.22. The van der Waals surface area contributed by atoms with Gasteiger partial charge in [0.1, 0.15) is 0 Å². The van der Waals surface area contributed by atoms with E-state index in [1.54, 1.807) is 0 Å². The normalized spacial score (nSPS) is 13.8. The van der Waals surface area contributed by atoms with E-state index in [9.17, 15) is 4.79 Å². The SMILES string of the molecule is CCCNC(CC(=O)OC)C(C)(C)C. The second-order valence-corrected chi connectivity index (χ2v) is 4.65. The predicted molar refractivity (Wildman–Crippen MR) is 58.2 cm³/mol. The third-order valence-electron chi connectivity index (χ3n) is 2.28. The summed E-state index contributed by atoms with van der Waals surface area (Å²) in [5.74, 6) is -0.145. The molecule has 0 aromatic rings. The first-order valence-corrected chi connectivity index (χ1v) is 5.22. The summed E-state index contributed by atoms with van der Waals surface area (Å²) in [7, 11) is 1.43. The zero-order chi connectivity index (χ0) is 11.2. The van der Waals surface area contributed by atoms with Crippen molar-refractivity contribution in [3.05, 3.63) is 0 Å². The van der Waals surface area contributed by atoms with Crippen molar-refractivity contribution < 1.29 is 9.53 Å². The van der Waals surface area contributed by atoms with Crippen molar-refractivity contribution in [1.29, 1.82) is 0 Å². The van der Waals surface area contributed by atoms with E-state index in [1.165, 1.54) is 7.11 Å². The molecule has 0 saturated heterocycles. The third kappa shape index (κ3) is 5.22. The number of nitrogens with one attached hydrogen (secondary N) is 1. The highest BCUT2D eigenvalue weighted by molar-refractivity contribution is 5.70. The van der Waals surface area contributed by atoms with Gasteiger partial charge in [-0.3, -0.25) is 4.79 Å². The summed E-state index contributed by atoms with van der Waals surface area (Å²) in [5.41, 5.74) is 0.0867. The van der Waals surface area contributed by atoms with Crippen molar-refractivity contribution in [1.82, 2.24) is 5.32 Å². The van der Waals surface area contributed by atoms with Gasteiger partial charge in [-0.05, 0) is 18.4 Å². The minimum absolute atomic E-state index is 0.0867. The van der Waals surface area contributed by atoms with Crippen molar-refractivity contribution in [2.45, 2.75) is 46.6 Å². The minimum Gasteiger partial charge on any atom is -0.469 e. The summed E-state index contributed by atoms with van der Waals surface area (Å²) >= 11 is 0. The van der Waals surface area contributed by atoms with Gasteiger partial charge in [0.2, 0.25) is 0 Å². The Morgan fingerprint density at radius 1 is 1.43 bits per heavy atom. The molecule has 0 saturated carbocycles. The number of rotatable bonds is 5. The van der Waals surface area contributed by atoms with Gasteiger partial charge in [0.05, 0.1) is 13.5 Å². The number of ether oxygens (including phenoxy) is 1. The molecule has 1 atom stereocenters. The van der Waals surface area contributed by atoms with Gasteiger partial charge in [-0.1, -0.05) is 27.7 Å². The molecule has 0 heterocycles. The molecule has 3 heteroatoms. The van der Waals surface area contributed by atoms with E-state index in [4.69, 9.17) is 0 Å². The maximum Gasteiger partial charge on any atom is 0.307 e. The van der Waals surface area contributed by atoms with E-state index >= 15 is 0 Å². The number of hydrogen-bond donors (Lipinski definition) is 1. The molecule has 0 spiro atoms. The quantitative estimate of drug-likeness (QED) is 0.691. The van der Waals surface area contributed by atoms with Gasteiger partial charge >= 0.3 is 5.97 Å². The van der Waals surface area contributed by atoms with Crippen LogP contribution in [0.25, 0.3) is 0 Å². The lowest BCUT2D eigenvalue weighted by Crippen LogP contribution is -2.42. The van der Waals surface area contributed by atoms with Crippen LogP contribution < -0.4 is 5.32 Å². The largest absolute Gasteiger partial charge is 0.469 e. The molecule has 84 valence electrons. The third-order valence-corrected chi connectivity index (χ3v) is 2.28. The maximum absolute atomic E-state index is 11.2. The summed E-state index contributed by atoms with van der Waals surface area (Å²) in [6, 6.07) is 0.190. The second-order valence-electron chi connectivity index (χ2n) is 4.65. The summed E-state index contributed by atoms with van der Waals surface area (Å²) in [4.78, 5) is 11.2. The number of carbonyl (C=O) groups excluding carboxylic acids is 1. The van der Waals surface area contributed by atoms with E-state index in [-0.39, 0.29) is 17.4 Å². The smallest absolute Gasteiger partial charge is 0.307 e. The number of methoxy groups -OCH3 is 1. The minimum atomic E-state index is -0.145. The molecule has 0 aliphatic heterocycles. The molecule has 1 unspecified atom stereocenters. The van der Waals surface area contributed by atoms with Crippen LogP contribution in [0, 0.1) is 5.41 Å². The van der Waals surface area contributed by atoms with E-state index in [2.05, 4.69) is 37.7 Å². The highest BCUT2D eigenvalue weighted by Crippen LogP contribution is 2.22. The summed E-state index contributed by atoms with van der Waals surface area (Å²) in [6.07, 6.45) is 1.52. The van der Waals surface area contributed by atoms with E-state index in [0.29, 0.717) is 6.42 Å². The van der Waals surface area contributed by atoms with Crippen LogP contribution in [0.15, 0.2) is 0 Å². The first kappa shape index (κ1) is 13.4. The Hall–Kier alpha value is -0.570. The van der Waals surface area contributed by atoms with Gasteiger partial charge in [0.15, 0.2) is 0 Å². The van der Waals surface area contributed by atoms with Crippen molar-refractivity contribution in [2.75, 3.05) is 13.7 Å². The van der Waals surface area contributed by atoms with Gasteiger partial charge in [0.25, 0.3) is 0 Å². The van der Waals surface area contributed by atoms with Crippen LogP contribution in [0.1, 0.15) is 40.5 Å². The molecule has 0 fully saturated rings. The van der Waals surface area contributed by atoms with E-state index < -0.39 is 0 Å². The molecule has 0 bridgehead atoms. The Labute approximate surface area is 87.2 Å². The molecule has 1 N–H and O–H groups in total. The Morgan fingerprint density at radius 2 is 2.00 bits per heavy atom. The molecular formula is C11H23NO2. The summed E-state index contributed by atoms with van der Waals surface area (Å²) in [6.45, 7) is 9.44. The Balaban J connectivity index is 4.18. The highest BCUT2D eigenvalue weighted by atomic mass is 16.5. The molecule has 14 heavy (non-hydrogen) atoms. The van der Waals surface area contributed by atoms with Crippen molar-refractivity contribution in [2.24, 2.45) is 5.41 Å². The van der Waals surface area contributed by atoms with E-state index in [1.807, 2.05) is 0 Å². The van der Waals surface area contributed by atoms with Gasteiger partial charge in [-0.25, -0.2) is 0 Å². The van der Waals surface area contributed by atoms with Gasteiger partial charge in [0, 0.05) is 6.04 Å². The molecular weight excluding hydrogens is 178 g/mol. The monoisotopic (exact) mass is 201 g/mol. The summed E-state index contributed by atoms with van der Waals surface area (Å²) in [5, 5.41) is 3.37. The van der Waals surface area contributed by atoms with Crippen LogP contribution in [-0.2, 0) is 9.53 Å². The second kappa shape index (κ2) is 6.02. The van der Waals surface area contributed by atoms with Crippen LogP contribution in [0.2, 0.25) is 0 Å². The summed E-state index contributed by atoms with van der Waals surface area (Å²) < 4.78 is 4.68. The lowest BCUT2D eigenvalue weighted by Gasteiger charge is -2.30. The fourth-order valence-electron chi connectivity index (χ4n) is 1.25. The predicted octanol–water partition coefficient (Wildman–Crippen LogP) is 1.96. The zero-order valence-corrected chi connectivity index (χ0v) is 10.0. The molecule has 0 radical (unpaired) electrons. The van der Waals surface area contributed by atoms with Gasteiger partial charge < -0.3 is 10.1 Å². The molecule has 0 aliphatic carbocycles. The van der Waals surface area contributed by atoms with Gasteiger partial charge in [-0.15, -0.1) is 0 Å². The molecule has 0 aromatic heterocycles. The number of esters is 1. The van der Waals surface area contributed by atoms with Crippen LogP contribution in [0.4, 0.5) is 0 Å². The Kier molecular flexibility index (Phi) is 5.77. The lowest BCUT2D eigenvalue weighted by atomic mass is 9.84. The Morgan fingerprint density at radius 3 is 2.36 bits per heavy atom. The van der Waals surface area contributed by atoms with Crippen molar-refractivity contribution in [3.63, 3.8) is 0 Å². The Bertz CT molecular complexity index is 173. The first-order chi connectivity index (χ1) is 6.41. The highest BCUT2D eigenvalue weighted by Gasteiger charge is 2.26. The fourth-order valence-corrected chi connectivity index (χ4v) is 1.25. The molecule has 3 nitrogen and oxygen atoms in total. The molecule has 0 aliphatic rings.